The summed E-state index contributed by atoms with van der Waals surface area (Å²) in [6, 6.07) is 0. The van der Waals surface area contributed by atoms with Crippen molar-refractivity contribution < 1.29 is 14.3 Å². The number of rotatable bonds is 5. The molecule has 0 saturated heterocycles. The summed E-state index contributed by atoms with van der Waals surface area (Å²) in [5.74, 6) is -0.163. The molecule has 0 rings (SSSR count). The molecule has 0 unspecified atom stereocenters. The van der Waals surface area contributed by atoms with Crippen molar-refractivity contribution in [3.63, 3.8) is 0 Å². The van der Waals surface area contributed by atoms with E-state index in [-0.39, 0.29) is 11.0 Å². The van der Waals surface area contributed by atoms with Gasteiger partial charge in [-0.2, -0.15) is 0 Å². The van der Waals surface area contributed by atoms with Crippen molar-refractivity contribution in [3.05, 3.63) is 11.8 Å². The van der Waals surface area contributed by atoms with E-state index in [1.807, 2.05) is 13.0 Å². The minimum Gasteiger partial charge on any atom is -0.438 e. The molecular weight excluding hydrogens is 246 g/mol. The van der Waals surface area contributed by atoms with Gasteiger partial charge in [-0.25, -0.2) is 4.79 Å². The summed E-state index contributed by atoms with van der Waals surface area (Å²) in [5, 5.41) is 0.241. The van der Waals surface area contributed by atoms with Crippen LogP contribution in [-0.2, 0) is 9.53 Å². The third kappa shape index (κ3) is 5.04. The number of carbonyl (C=O) groups is 2. The number of hydrogen-bond acceptors (Lipinski definition) is 3. The van der Waals surface area contributed by atoms with Gasteiger partial charge in [0, 0.05) is 5.92 Å². The molecular formula is C13H25NO3Si. The van der Waals surface area contributed by atoms with Gasteiger partial charge in [-0.1, -0.05) is 52.6 Å². The first-order valence-electron chi connectivity index (χ1n) is 6.12. The van der Waals surface area contributed by atoms with Crippen LogP contribution in [0.15, 0.2) is 11.8 Å². The van der Waals surface area contributed by atoms with Crippen molar-refractivity contribution in [3.8, 4) is 0 Å². The van der Waals surface area contributed by atoms with Gasteiger partial charge in [0.15, 0.2) is 12.4 Å². The van der Waals surface area contributed by atoms with Gasteiger partial charge in [-0.15, -0.1) is 0 Å². The van der Waals surface area contributed by atoms with E-state index >= 15 is 0 Å². The predicted molar refractivity (Wildman–Crippen MR) is 76.0 cm³/mol. The molecule has 0 aromatic heterocycles. The molecule has 0 fully saturated rings. The predicted octanol–water partition coefficient (Wildman–Crippen LogP) is 2.89. The van der Waals surface area contributed by atoms with Gasteiger partial charge in [0.2, 0.25) is 0 Å². The van der Waals surface area contributed by atoms with E-state index in [4.69, 9.17) is 10.5 Å². The summed E-state index contributed by atoms with van der Waals surface area (Å²) in [5.41, 5.74) is 7.12. The Labute approximate surface area is 111 Å². The zero-order valence-corrected chi connectivity index (χ0v) is 13.2. The minimum absolute atomic E-state index is 0.163. The fourth-order valence-electron chi connectivity index (χ4n) is 1.15. The average molecular weight is 271 g/mol. The number of hydrogen-bond donors (Lipinski definition) is 1. The van der Waals surface area contributed by atoms with Gasteiger partial charge in [-0.05, 0) is 5.04 Å². The van der Waals surface area contributed by atoms with Gasteiger partial charge in [-0.3, -0.25) is 4.79 Å². The molecule has 0 radical (unpaired) electrons. The Kier molecular flexibility index (Phi) is 5.80. The topological polar surface area (TPSA) is 69.4 Å². The zero-order valence-electron chi connectivity index (χ0n) is 12.2. The van der Waals surface area contributed by atoms with Crippen LogP contribution in [0.3, 0.4) is 0 Å². The molecule has 2 N–H and O–H groups in total. The van der Waals surface area contributed by atoms with Crippen molar-refractivity contribution in [2.24, 2.45) is 11.7 Å². The molecule has 1 amide bonds. The number of carbonyl (C=O) groups excluding carboxylic acids is 2. The Morgan fingerprint density at radius 1 is 1.33 bits per heavy atom. The molecule has 0 aliphatic carbocycles. The van der Waals surface area contributed by atoms with Crippen LogP contribution in [0.4, 0.5) is 4.79 Å². The highest BCUT2D eigenvalue weighted by Crippen LogP contribution is 2.36. The van der Waals surface area contributed by atoms with Crippen molar-refractivity contribution in [1.82, 2.24) is 0 Å². The molecule has 0 aliphatic heterocycles. The molecule has 5 heteroatoms. The molecule has 0 aromatic carbocycles. The van der Waals surface area contributed by atoms with E-state index in [0.29, 0.717) is 6.29 Å². The molecule has 104 valence electrons. The van der Waals surface area contributed by atoms with Crippen LogP contribution < -0.4 is 5.73 Å². The lowest BCUT2D eigenvalue weighted by Gasteiger charge is -2.34. The third-order valence-corrected chi connectivity index (χ3v) is 8.55. The van der Waals surface area contributed by atoms with Crippen LogP contribution in [0.5, 0.6) is 0 Å². The highest BCUT2D eigenvalue weighted by atomic mass is 28.3. The Hall–Kier alpha value is -1.10. The van der Waals surface area contributed by atoms with Gasteiger partial charge in [0.25, 0.3) is 0 Å². The van der Waals surface area contributed by atoms with Crippen LogP contribution >= 0.6 is 0 Å². The lowest BCUT2D eigenvalue weighted by atomic mass is 10.1. The van der Waals surface area contributed by atoms with Crippen LogP contribution in [0.25, 0.3) is 0 Å². The molecule has 0 saturated carbocycles. The number of aldehydes is 1. The molecule has 0 spiro atoms. The van der Waals surface area contributed by atoms with Crippen LogP contribution in [0.2, 0.25) is 18.1 Å². The number of ether oxygens (including phenoxy) is 1. The van der Waals surface area contributed by atoms with E-state index in [9.17, 15) is 9.59 Å². The smallest absolute Gasteiger partial charge is 0.405 e. The summed E-state index contributed by atoms with van der Waals surface area (Å²) in [4.78, 5) is 21.5. The van der Waals surface area contributed by atoms with Crippen LogP contribution in [0.1, 0.15) is 27.7 Å². The number of amides is 1. The lowest BCUT2D eigenvalue weighted by Crippen LogP contribution is -2.35. The third-order valence-electron chi connectivity index (χ3n) is 3.65. The maximum Gasteiger partial charge on any atom is 0.405 e. The SMILES string of the molecule is C[C@@H](C=C[Si](C)(C)C(C)(C)C)[C@@H](C=O)OC(N)=O. The molecule has 18 heavy (non-hydrogen) atoms. The minimum atomic E-state index is -1.53. The number of nitrogens with two attached hydrogens (primary N) is 1. The fourth-order valence-corrected chi connectivity index (χ4v) is 2.43. The maximum absolute atomic E-state index is 10.8. The zero-order chi connectivity index (χ0) is 14.6. The molecule has 2 atom stereocenters. The normalized spacial score (nSPS) is 16.3. The number of primary amides is 1. The summed E-state index contributed by atoms with van der Waals surface area (Å²) in [7, 11) is -1.53. The quantitative estimate of drug-likeness (QED) is 0.617. The summed E-state index contributed by atoms with van der Waals surface area (Å²) in [6.07, 6.45) is 0.855. The van der Waals surface area contributed by atoms with Crippen molar-refractivity contribution in [2.45, 2.75) is 51.9 Å². The van der Waals surface area contributed by atoms with Gasteiger partial charge in [0.05, 0.1) is 8.07 Å². The van der Waals surface area contributed by atoms with Gasteiger partial charge >= 0.3 is 6.09 Å². The molecule has 0 heterocycles. The summed E-state index contributed by atoms with van der Waals surface area (Å²) < 4.78 is 4.75. The largest absolute Gasteiger partial charge is 0.438 e. The second kappa shape index (κ2) is 6.18. The molecule has 4 nitrogen and oxygen atoms in total. The highest BCUT2D eigenvalue weighted by Gasteiger charge is 2.32. The van der Waals surface area contributed by atoms with E-state index < -0.39 is 20.3 Å². The molecule has 0 aromatic rings. The van der Waals surface area contributed by atoms with Gasteiger partial charge in [0.1, 0.15) is 0 Å². The van der Waals surface area contributed by atoms with E-state index in [1.165, 1.54) is 0 Å². The Bertz CT molecular complexity index is 332. The molecule has 0 aliphatic rings. The Morgan fingerprint density at radius 2 is 1.83 bits per heavy atom. The van der Waals surface area contributed by atoms with E-state index in [0.717, 1.165) is 0 Å². The van der Waals surface area contributed by atoms with Crippen molar-refractivity contribution in [1.29, 1.82) is 0 Å². The van der Waals surface area contributed by atoms with Crippen molar-refractivity contribution >= 4 is 20.5 Å². The highest BCUT2D eigenvalue weighted by molar-refractivity contribution is 6.84. The summed E-state index contributed by atoms with van der Waals surface area (Å²) >= 11 is 0. The monoisotopic (exact) mass is 271 g/mol. The molecule has 0 bridgehead atoms. The first-order chi connectivity index (χ1) is 8.01. The van der Waals surface area contributed by atoms with Crippen LogP contribution in [0, 0.1) is 5.92 Å². The Morgan fingerprint density at radius 3 is 2.17 bits per heavy atom. The fraction of sp³-hybridized carbons (Fsp3) is 0.692. The lowest BCUT2D eigenvalue weighted by molar-refractivity contribution is -0.116. The first-order valence-corrected chi connectivity index (χ1v) is 9.20. The average Bonchev–Trinajstić information content (AvgIpc) is 2.20. The van der Waals surface area contributed by atoms with E-state index in [1.54, 1.807) is 0 Å². The summed E-state index contributed by atoms with van der Waals surface area (Å²) in [6.45, 7) is 13.0. The van der Waals surface area contributed by atoms with Crippen LogP contribution in [-0.4, -0.2) is 26.6 Å². The second-order valence-corrected chi connectivity index (χ2v) is 11.5. The van der Waals surface area contributed by atoms with Crippen molar-refractivity contribution in [2.75, 3.05) is 0 Å². The standard InChI is InChI=1S/C13H25NO3Si/c1-10(11(9-15)17-12(14)16)7-8-18(5,6)13(2,3)4/h7-11H,1-6H3,(H2,14,16)/t10-,11+/m0/s1. The van der Waals surface area contributed by atoms with E-state index in [2.05, 4.69) is 39.6 Å². The Balaban J connectivity index is 4.77. The van der Waals surface area contributed by atoms with Gasteiger partial charge < -0.3 is 10.5 Å². The maximum atomic E-state index is 10.8. The second-order valence-electron chi connectivity index (χ2n) is 6.23. The first kappa shape index (κ1) is 16.9.